The second kappa shape index (κ2) is 10.7. The first-order valence-corrected chi connectivity index (χ1v) is 9.95. The molecule has 0 spiro atoms. The third-order valence-electron chi connectivity index (χ3n) is 3.63. The number of carbonyl (C=O) groups excluding carboxylic acids is 2. The van der Waals surface area contributed by atoms with Crippen molar-refractivity contribution in [2.24, 2.45) is 0 Å². The molecule has 2 amide bonds. The molecule has 0 saturated carbocycles. The quantitative estimate of drug-likeness (QED) is 0.565. The molecule has 2 rings (SSSR count). The molecule has 0 aliphatic rings. The highest BCUT2D eigenvalue weighted by atomic mass is 79.9. The van der Waals surface area contributed by atoms with Crippen molar-refractivity contribution in [2.45, 2.75) is 13.3 Å². The number of benzene rings is 2. The van der Waals surface area contributed by atoms with Crippen molar-refractivity contribution in [3.05, 3.63) is 57.0 Å². The van der Waals surface area contributed by atoms with Gasteiger partial charge in [0.2, 0.25) is 11.8 Å². The Bertz CT molecular complexity index is 817. The monoisotopic (exact) mass is 471 g/mol. The Morgan fingerprint density at radius 3 is 2.22 bits per heavy atom. The van der Waals surface area contributed by atoms with Crippen LogP contribution in [-0.4, -0.2) is 36.3 Å². The predicted octanol–water partition coefficient (Wildman–Crippen LogP) is 5.05. The van der Waals surface area contributed by atoms with Crippen LogP contribution in [0, 0.1) is 0 Å². The molecule has 0 aliphatic heterocycles. The number of hydrogen-bond acceptors (Lipinski definition) is 3. The van der Waals surface area contributed by atoms with Crippen LogP contribution >= 0.6 is 39.1 Å². The van der Waals surface area contributed by atoms with Gasteiger partial charge in [0.1, 0.15) is 0 Å². The third kappa shape index (κ3) is 7.14. The zero-order valence-corrected chi connectivity index (χ0v) is 17.9. The van der Waals surface area contributed by atoms with E-state index in [2.05, 4.69) is 26.6 Å². The maximum atomic E-state index is 12.3. The molecule has 2 N–H and O–H groups in total. The summed E-state index contributed by atoms with van der Waals surface area (Å²) in [5, 5.41) is 6.45. The molecule has 0 aromatic heterocycles. The number of nitrogens with one attached hydrogen (secondary N) is 2. The number of rotatable bonds is 8. The Labute approximate surface area is 177 Å². The van der Waals surface area contributed by atoms with E-state index < -0.39 is 0 Å². The molecule has 5 nitrogen and oxygen atoms in total. The van der Waals surface area contributed by atoms with Gasteiger partial charge in [0.05, 0.1) is 29.5 Å². The average Bonchev–Trinajstić information content (AvgIpc) is 2.59. The van der Waals surface area contributed by atoms with E-state index >= 15 is 0 Å². The number of hydrogen-bond donors (Lipinski definition) is 2. The van der Waals surface area contributed by atoms with Crippen LogP contribution in [-0.2, 0) is 9.59 Å². The van der Waals surface area contributed by atoms with E-state index in [0.717, 1.165) is 10.9 Å². The molecule has 0 fully saturated rings. The first-order valence-electron chi connectivity index (χ1n) is 8.40. The number of carbonyl (C=O) groups is 2. The summed E-state index contributed by atoms with van der Waals surface area (Å²) in [6, 6.07) is 12.2. The second-order valence-electron chi connectivity index (χ2n) is 5.91. The molecule has 2 aromatic rings. The standard InChI is InChI=1S/C19H20BrCl2N3O2/c1-2-9-25(11-18(26)23-16-6-4-3-5-14(16)20)12-19(27)24-17-8-7-13(21)10-15(17)22/h3-8,10H,2,9,11-12H2,1H3,(H,23,26)(H,24,27). The molecular formula is C19H20BrCl2N3O2. The third-order valence-corrected chi connectivity index (χ3v) is 4.87. The number of nitrogens with zero attached hydrogens (tertiary/aromatic N) is 1. The highest BCUT2D eigenvalue weighted by Gasteiger charge is 2.16. The van der Waals surface area contributed by atoms with Gasteiger partial charge in [0.15, 0.2) is 0 Å². The van der Waals surface area contributed by atoms with Crippen LogP contribution in [0.4, 0.5) is 11.4 Å². The molecule has 144 valence electrons. The van der Waals surface area contributed by atoms with Crippen molar-refractivity contribution in [2.75, 3.05) is 30.3 Å². The van der Waals surface area contributed by atoms with Crippen LogP contribution in [0.15, 0.2) is 46.9 Å². The number of amides is 2. The molecule has 2 aromatic carbocycles. The van der Waals surface area contributed by atoms with Crippen LogP contribution in [0.25, 0.3) is 0 Å². The lowest BCUT2D eigenvalue weighted by atomic mass is 10.3. The van der Waals surface area contributed by atoms with Gasteiger partial charge in [-0.2, -0.15) is 0 Å². The summed E-state index contributed by atoms with van der Waals surface area (Å²) >= 11 is 15.3. The Morgan fingerprint density at radius 2 is 1.63 bits per heavy atom. The van der Waals surface area contributed by atoms with Crippen molar-refractivity contribution in [1.82, 2.24) is 4.90 Å². The van der Waals surface area contributed by atoms with Crippen LogP contribution < -0.4 is 10.6 Å². The Kier molecular flexibility index (Phi) is 8.57. The molecular weight excluding hydrogens is 453 g/mol. The molecule has 0 heterocycles. The minimum absolute atomic E-state index is 0.0795. The summed E-state index contributed by atoms with van der Waals surface area (Å²) in [5.74, 6) is -0.436. The zero-order valence-electron chi connectivity index (χ0n) is 14.8. The van der Waals surface area contributed by atoms with E-state index in [0.29, 0.717) is 28.0 Å². The smallest absolute Gasteiger partial charge is 0.238 e. The lowest BCUT2D eigenvalue weighted by molar-refractivity contribution is -0.120. The predicted molar refractivity (Wildman–Crippen MR) is 115 cm³/mol. The van der Waals surface area contributed by atoms with Gasteiger partial charge in [-0.3, -0.25) is 14.5 Å². The molecule has 8 heteroatoms. The number of anilines is 2. The van der Waals surface area contributed by atoms with Gasteiger partial charge in [-0.25, -0.2) is 0 Å². The molecule has 0 radical (unpaired) electrons. The average molecular weight is 473 g/mol. The number of para-hydroxylation sites is 1. The van der Waals surface area contributed by atoms with E-state index in [1.807, 2.05) is 25.1 Å². The van der Waals surface area contributed by atoms with Gasteiger partial charge >= 0.3 is 0 Å². The van der Waals surface area contributed by atoms with Crippen LogP contribution in [0.5, 0.6) is 0 Å². The zero-order chi connectivity index (χ0) is 19.8. The van der Waals surface area contributed by atoms with Gasteiger partial charge in [-0.15, -0.1) is 0 Å². The van der Waals surface area contributed by atoms with Crippen LogP contribution in [0.1, 0.15) is 13.3 Å². The van der Waals surface area contributed by atoms with E-state index in [1.165, 1.54) is 0 Å². The molecule has 27 heavy (non-hydrogen) atoms. The first-order chi connectivity index (χ1) is 12.9. The lowest BCUT2D eigenvalue weighted by Gasteiger charge is -2.21. The van der Waals surface area contributed by atoms with Crippen molar-refractivity contribution in [1.29, 1.82) is 0 Å². The molecule has 0 saturated heterocycles. The highest BCUT2D eigenvalue weighted by Crippen LogP contribution is 2.25. The van der Waals surface area contributed by atoms with E-state index in [9.17, 15) is 9.59 Å². The topological polar surface area (TPSA) is 61.4 Å². The maximum Gasteiger partial charge on any atom is 0.238 e. The van der Waals surface area contributed by atoms with Gasteiger partial charge in [0.25, 0.3) is 0 Å². The first kappa shape index (κ1) is 21.7. The summed E-state index contributed by atoms with van der Waals surface area (Å²) in [4.78, 5) is 26.5. The fourth-order valence-electron chi connectivity index (χ4n) is 2.47. The normalized spacial score (nSPS) is 10.7. The summed E-state index contributed by atoms with van der Waals surface area (Å²) in [6.45, 7) is 2.80. The van der Waals surface area contributed by atoms with Gasteiger partial charge in [-0.05, 0) is 59.2 Å². The van der Waals surface area contributed by atoms with Crippen molar-refractivity contribution < 1.29 is 9.59 Å². The minimum Gasteiger partial charge on any atom is -0.324 e. The fourth-order valence-corrected chi connectivity index (χ4v) is 3.31. The molecule has 0 unspecified atom stereocenters. The minimum atomic E-state index is -0.249. The van der Waals surface area contributed by atoms with E-state index in [1.54, 1.807) is 29.2 Å². The second-order valence-corrected chi connectivity index (χ2v) is 7.61. The summed E-state index contributed by atoms with van der Waals surface area (Å²) in [6.07, 6.45) is 0.817. The van der Waals surface area contributed by atoms with Crippen LogP contribution in [0.2, 0.25) is 10.0 Å². The van der Waals surface area contributed by atoms with Crippen molar-refractivity contribution >= 4 is 62.3 Å². The van der Waals surface area contributed by atoms with Crippen molar-refractivity contribution in [3.8, 4) is 0 Å². The fraction of sp³-hybridized carbons (Fsp3) is 0.263. The number of halogens is 3. The Hall–Kier alpha value is -1.60. The summed E-state index contributed by atoms with van der Waals surface area (Å²) < 4.78 is 0.801. The maximum absolute atomic E-state index is 12.3. The highest BCUT2D eigenvalue weighted by molar-refractivity contribution is 9.10. The molecule has 0 bridgehead atoms. The Balaban J connectivity index is 1.94. The van der Waals surface area contributed by atoms with Crippen LogP contribution in [0.3, 0.4) is 0 Å². The van der Waals surface area contributed by atoms with Crippen molar-refractivity contribution in [3.63, 3.8) is 0 Å². The largest absolute Gasteiger partial charge is 0.324 e. The SMILES string of the molecule is CCCN(CC(=O)Nc1ccc(Cl)cc1Cl)CC(=O)Nc1ccccc1Br. The summed E-state index contributed by atoms with van der Waals surface area (Å²) in [7, 11) is 0. The van der Waals surface area contributed by atoms with Gasteiger partial charge in [0, 0.05) is 9.50 Å². The lowest BCUT2D eigenvalue weighted by Crippen LogP contribution is -2.39. The molecule has 0 atom stereocenters. The molecule has 0 aliphatic carbocycles. The van der Waals surface area contributed by atoms with Gasteiger partial charge < -0.3 is 10.6 Å². The summed E-state index contributed by atoms with van der Waals surface area (Å²) in [5.41, 5.74) is 1.18. The Morgan fingerprint density at radius 1 is 1.00 bits per heavy atom. The van der Waals surface area contributed by atoms with Gasteiger partial charge in [-0.1, -0.05) is 42.3 Å². The van der Waals surface area contributed by atoms with E-state index in [4.69, 9.17) is 23.2 Å². The van der Waals surface area contributed by atoms with E-state index in [-0.39, 0.29) is 24.9 Å².